The lowest BCUT2D eigenvalue weighted by atomic mass is 9.81. The van der Waals surface area contributed by atoms with Crippen molar-refractivity contribution in [1.29, 1.82) is 0 Å². The number of halogens is 1. The highest BCUT2D eigenvalue weighted by atomic mass is 79.9. The second-order valence-electron chi connectivity index (χ2n) is 4.74. The van der Waals surface area contributed by atoms with Crippen LogP contribution in [0.2, 0.25) is 0 Å². The van der Waals surface area contributed by atoms with Gasteiger partial charge in [0.2, 0.25) is 5.91 Å². The molecule has 0 aromatic carbocycles. The number of anilines is 1. The van der Waals surface area contributed by atoms with Gasteiger partial charge < -0.3 is 10.4 Å². The molecule has 1 saturated carbocycles. The average Bonchev–Trinajstić information content (AvgIpc) is 2.41. The van der Waals surface area contributed by atoms with Crippen LogP contribution in [0.3, 0.4) is 0 Å². The van der Waals surface area contributed by atoms with E-state index in [9.17, 15) is 9.59 Å². The Hall–Kier alpha value is -1.43. The molecular weight excluding hydrogens is 312 g/mol. The molecule has 1 heterocycles. The zero-order valence-corrected chi connectivity index (χ0v) is 11.9. The standard InChI is InChI=1S/C13H15BrN2O3/c14-10-5-6-11(15-7-10)16-12(17)8-1-3-9(4-2-8)13(18)19/h5-9H,1-4H2,(H,18,19)(H,15,16,17). The number of nitrogens with one attached hydrogen (secondary N) is 1. The molecular formula is C13H15BrN2O3. The highest BCUT2D eigenvalue weighted by molar-refractivity contribution is 9.10. The fourth-order valence-electron chi connectivity index (χ4n) is 2.28. The monoisotopic (exact) mass is 326 g/mol. The number of amides is 1. The molecule has 0 aliphatic heterocycles. The van der Waals surface area contributed by atoms with Crippen LogP contribution in [0.1, 0.15) is 25.7 Å². The number of pyridine rings is 1. The quantitative estimate of drug-likeness (QED) is 0.894. The van der Waals surface area contributed by atoms with Crippen molar-refractivity contribution in [3.63, 3.8) is 0 Å². The SMILES string of the molecule is O=C(O)C1CCC(C(=O)Nc2ccc(Br)cn2)CC1. The summed E-state index contributed by atoms with van der Waals surface area (Å²) in [6.07, 6.45) is 4.01. The average molecular weight is 327 g/mol. The van der Waals surface area contributed by atoms with E-state index in [1.165, 1.54) is 0 Å². The van der Waals surface area contributed by atoms with E-state index in [0.717, 1.165) is 4.47 Å². The smallest absolute Gasteiger partial charge is 0.306 e. The van der Waals surface area contributed by atoms with Gasteiger partial charge in [-0.2, -0.15) is 0 Å². The molecule has 0 saturated heterocycles. The Morgan fingerprint density at radius 2 is 1.84 bits per heavy atom. The van der Waals surface area contributed by atoms with Crippen LogP contribution in [0.4, 0.5) is 5.82 Å². The lowest BCUT2D eigenvalue weighted by Crippen LogP contribution is -2.29. The number of aromatic nitrogens is 1. The van der Waals surface area contributed by atoms with Crippen molar-refractivity contribution < 1.29 is 14.7 Å². The van der Waals surface area contributed by atoms with Crippen molar-refractivity contribution in [2.45, 2.75) is 25.7 Å². The Balaban J connectivity index is 1.88. The Labute approximate surface area is 119 Å². The number of carboxylic acids is 1. The van der Waals surface area contributed by atoms with E-state index in [1.54, 1.807) is 12.3 Å². The first-order valence-corrected chi connectivity index (χ1v) is 7.01. The molecule has 0 spiro atoms. The summed E-state index contributed by atoms with van der Waals surface area (Å²) in [7, 11) is 0. The Morgan fingerprint density at radius 1 is 1.21 bits per heavy atom. The molecule has 0 bridgehead atoms. The number of carboxylic acid groups (broad SMARTS) is 1. The maximum Gasteiger partial charge on any atom is 0.306 e. The van der Waals surface area contributed by atoms with Gasteiger partial charge in [0, 0.05) is 16.6 Å². The van der Waals surface area contributed by atoms with Gasteiger partial charge in [-0.25, -0.2) is 4.98 Å². The third-order valence-electron chi connectivity index (χ3n) is 3.43. The summed E-state index contributed by atoms with van der Waals surface area (Å²) < 4.78 is 0.854. The lowest BCUT2D eigenvalue weighted by Gasteiger charge is -2.25. The van der Waals surface area contributed by atoms with Gasteiger partial charge in [-0.05, 0) is 53.7 Å². The molecule has 1 aliphatic rings. The van der Waals surface area contributed by atoms with E-state index in [4.69, 9.17) is 5.11 Å². The molecule has 102 valence electrons. The molecule has 1 fully saturated rings. The third kappa shape index (κ3) is 3.76. The number of nitrogens with zero attached hydrogens (tertiary/aromatic N) is 1. The number of carbonyl (C=O) groups excluding carboxylic acids is 1. The summed E-state index contributed by atoms with van der Waals surface area (Å²) in [5.41, 5.74) is 0. The van der Waals surface area contributed by atoms with Crippen LogP contribution in [-0.4, -0.2) is 22.0 Å². The summed E-state index contributed by atoms with van der Waals surface area (Å²) in [4.78, 5) is 26.9. The minimum absolute atomic E-state index is 0.0707. The fraction of sp³-hybridized carbons (Fsp3) is 0.462. The predicted molar refractivity (Wildman–Crippen MR) is 73.7 cm³/mol. The summed E-state index contributed by atoms with van der Waals surface area (Å²) >= 11 is 3.28. The third-order valence-corrected chi connectivity index (χ3v) is 3.89. The molecule has 19 heavy (non-hydrogen) atoms. The van der Waals surface area contributed by atoms with Crippen LogP contribution in [0.15, 0.2) is 22.8 Å². The normalized spacial score (nSPS) is 22.8. The molecule has 1 aliphatic carbocycles. The molecule has 0 atom stereocenters. The van der Waals surface area contributed by atoms with Crippen molar-refractivity contribution in [2.75, 3.05) is 5.32 Å². The van der Waals surface area contributed by atoms with Gasteiger partial charge in [-0.3, -0.25) is 9.59 Å². The molecule has 5 nitrogen and oxygen atoms in total. The van der Waals surface area contributed by atoms with Crippen molar-refractivity contribution in [3.8, 4) is 0 Å². The van der Waals surface area contributed by atoms with Crippen molar-refractivity contribution in [3.05, 3.63) is 22.8 Å². The van der Waals surface area contributed by atoms with E-state index in [0.29, 0.717) is 31.5 Å². The number of aliphatic carboxylic acids is 1. The lowest BCUT2D eigenvalue weighted by molar-refractivity contribution is -0.143. The highest BCUT2D eigenvalue weighted by Crippen LogP contribution is 2.29. The molecule has 1 amide bonds. The van der Waals surface area contributed by atoms with Crippen LogP contribution in [-0.2, 0) is 9.59 Å². The summed E-state index contributed by atoms with van der Waals surface area (Å²) in [6, 6.07) is 3.54. The Bertz CT molecular complexity index is 467. The van der Waals surface area contributed by atoms with E-state index in [-0.39, 0.29) is 17.7 Å². The van der Waals surface area contributed by atoms with Gasteiger partial charge in [0.1, 0.15) is 5.82 Å². The first kappa shape index (κ1) is 14.0. The van der Waals surface area contributed by atoms with Crippen LogP contribution in [0.5, 0.6) is 0 Å². The molecule has 2 N–H and O–H groups in total. The molecule has 1 aromatic heterocycles. The summed E-state index contributed by atoms with van der Waals surface area (Å²) in [6.45, 7) is 0. The van der Waals surface area contributed by atoms with Crippen molar-refractivity contribution in [2.24, 2.45) is 11.8 Å². The van der Waals surface area contributed by atoms with E-state index >= 15 is 0 Å². The number of hydrogen-bond acceptors (Lipinski definition) is 3. The number of hydrogen-bond donors (Lipinski definition) is 2. The minimum atomic E-state index is -0.756. The van der Waals surface area contributed by atoms with Gasteiger partial charge in [0.15, 0.2) is 0 Å². The zero-order chi connectivity index (χ0) is 13.8. The van der Waals surface area contributed by atoms with Gasteiger partial charge >= 0.3 is 5.97 Å². The van der Waals surface area contributed by atoms with Crippen molar-refractivity contribution >= 4 is 33.6 Å². The molecule has 6 heteroatoms. The topological polar surface area (TPSA) is 79.3 Å². The molecule has 1 aromatic rings. The van der Waals surface area contributed by atoms with E-state index in [2.05, 4.69) is 26.2 Å². The highest BCUT2D eigenvalue weighted by Gasteiger charge is 2.29. The first-order chi connectivity index (χ1) is 9.06. The zero-order valence-electron chi connectivity index (χ0n) is 10.3. The predicted octanol–water partition coefficient (Wildman–Crippen LogP) is 2.67. The molecule has 2 rings (SSSR count). The minimum Gasteiger partial charge on any atom is -0.481 e. The molecule has 0 unspecified atom stereocenters. The van der Waals surface area contributed by atoms with Crippen LogP contribution in [0, 0.1) is 11.8 Å². The van der Waals surface area contributed by atoms with Crippen molar-refractivity contribution in [1.82, 2.24) is 4.98 Å². The number of rotatable bonds is 3. The summed E-state index contributed by atoms with van der Waals surface area (Å²) in [5, 5.41) is 11.7. The maximum atomic E-state index is 12.0. The number of carbonyl (C=O) groups is 2. The molecule has 0 radical (unpaired) electrons. The Morgan fingerprint density at radius 3 is 2.37 bits per heavy atom. The van der Waals surface area contributed by atoms with E-state index < -0.39 is 5.97 Å². The van der Waals surface area contributed by atoms with Gasteiger partial charge in [0.05, 0.1) is 5.92 Å². The van der Waals surface area contributed by atoms with Gasteiger partial charge in [0.25, 0.3) is 0 Å². The second kappa shape index (κ2) is 6.14. The first-order valence-electron chi connectivity index (χ1n) is 6.21. The van der Waals surface area contributed by atoms with Crippen LogP contribution < -0.4 is 5.32 Å². The largest absolute Gasteiger partial charge is 0.481 e. The maximum absolute atomic E-state index is 12.0. The van der Waals surface area contributed by atoms with Gasteiger partial charge in [-0.15, -0.1) is 0 Å². The second-order valence-corrected chi connectivity index (χ2v) is 5.65. The Kier molecular flexibility index (Phi) is 4.52. The van der Waals surface area contributed by atoms with E-state index in [1.807, 2.05) is 6.07 Å². The fourth-order valence-corrected chi connectivity index (χ4v) is 2.52. The van der Waals surface area contributed by atoms with Crippen LogP contribution in [0.25, 0.3) is 0 Å². The van der Waals surface area contributed by atoms with Gasteiger partial charge in [-0.1, -0.05) is 0 Å². The summed E-state index contributed by atoms with van der Waals surface area (Å²) in [5.74, 6) is -0.712. The van der Waals surface area contributed by atoms with Crippen LogP contribution >= 0.6 is 15.9 Å².